The fourth-order valence-electron chi connectivity index (χ4n) is 6.96. The first kappa shape index (κ1) is 26.6. The van der Waals surface area contributed by atoms with Crippen LogP contribution in [0.15, 0.2) is 66.7 Å². The maximum absolute atomic E-state index is 14.1. The zero-order valence-electron chi connectivity index (χ0n) is 22.9. The minimum absolute atomic E-state index is 0.101. The van der Waals surface area contributed by atoms with Crippen LogP contribution in [0.5, 0.6) is 5.75 Å². The Hall–Kier alpha value is -3.65. The summed E-state index contributed by atoms with van der Waals surface area (Å²) >= 11 is 0. The summed E-state index contributed by atoms with van der Waals surface area (Å²) in [6.45, 7) is 2.85. The molecule has 2 N–H and O–H groups in total. The number of nitrogens with zero attached hydrogens (tertiary/aromatic N) is 1. The standard InChI is InChI=1S/C32H37N3O5/c1-2-39-24-15-13-23(14-16-24)33-29(36)26-25-17-19-32(40-25)27(26)31(38)35(20-18-21-9-5-3-6-10-21)28(32)30(37)34-22-11-7-4-8-12-22/h3,5-6,9-10,13-17,19,22,25-28H,2,4,7-8,11-12,18,20H2,1H3,(H,33,36)(H,34,37)/t25-,26?,27-,28?,32?/m1/s1. The quantitative estimate of drug-likeness (QED) is 0.468. The molecule has 210 valence electrons. The molecule has 3 amide bonds. The topological polar surface area (TPSA) is 97.0 Å². The number of hydrogen-bond acceptors (Lipinski definition) is 5. The van der Waals surface area contributed by atoms with Crippen LogP contribution in [-0.2, 0) is 25.5 Å². The largest absolute Gasteiger partial charge is 0.494 e. The second-order valence-corrected chi connectivity index (χ2v) is 11.3. The molecule has 4 aliphatic rings. The zero-order valence-corrected chi connectivity index (χ0v) is 22.9. The van der Waals surface area contributed by atoms with Gasteiger partial charge in [0.15, 0.2) is 0 Å². The highest BCUT2D eigenvalue weighted by atomic mass is 16.5. The average Bonchev–Trinajstić information content (AvgIpc) is 3.61. The van der Waals surface area contributed by atoms with Crippen LogP contribution in [0.4, 0.5) is 5.69 Å². The maximum Gasteiger partial charge on any atom is 0.246 e. The van der Waals surface area contributed by atoms with Crippen molar-refractivity contribution in [2.75, 3.05) is 18.5 Å². The van der Waals surface area contributed by atoms with Crippen molar-refractivity contribution in [1.82, 2.24) is 10.2 Å². The van der Waals surface area contributed by atoms with Gasteiger partial charge in [0.1, 0.15) is 17.4 Å². The van der Waals surface area contributed by atoms with Crippen molar-refractivity contribution in [2.24, 2.45) is 11.8 Å². The number of carbonyl (C=O) groups is 3. The van der Waals surface area contributed by atoms with Crippen LogP contribution in [0.3, 0.4) is 0 Å². The Morgan fingerprint density at radius 2 is 1.77 bits per heavy atom. The van der Waals surface area contributed by atoms with E-state index < -0.39 is 29.6 Å². The van der Waals surface area contributed by atoms with Crippen molar-refractivity contribution >= 4 is 23.4 Å². The van der Waals surface area contributed by atoms with Gasteiger partial charge in [0.2, 0.25) is 17.7 Å². The Morgan fingerprint density at radius 1 is 1.02 bits per heavy atom. The molecule has 5 atom stereocenters. The van der Waals surface area contributed by atoms with Crippen molar-refractivity contribution < 1.29 is 23.9 Å². The Labute approximate surface area is 235 Å². The van der Waals surface area contributed by atoms with E-state index in [1.807, 2.05) is 49.4 Å². The number of rotatable bonds is 9. The predicted octanol–water partition coefficient (Wildman–Crippen LogP) is 3.87. The molecule has 8 nitrogen and oxygen atoms in total. The van der Waals surface area contributed by atoms with Crippen LogP contribution >= 0.6 is 0 Å². The second-order valence-electron chi connectivity index (χ2n) is 11.3. The number of ether oxygens (including phenoxy) is 2. The van der Waals surface area contributed by atoms with E-state index >= 15 is 0 Å². The fraction of sp³-hybridized carbons (Fsp3) is 0.469. The van der Waals surface area contributed by atoms with Gasteiger partial charge in [0.25, 0.3) is 0 Å². The zero-order chi connectivity index (χ0) is 27.7. The smallest absolute Gasteiger partial charge is 0.246 e. The van der Waals surface area contributed by atoms with Crippen molar-refractivity contribution in [1.29, 1.82) is 0 Å². The number of anilines is 1. The van der Waals surface area contributed by atoms with Gasteiger partial charge in [-0.1, -0.05) is 61.7 Å². The molecule has 3 aliphatic heterocycles. The number of hydrogen-bond donors (Lipinski definition) is 2. The molecule has 40 heavy (non-hydrogen) atoms. The molecule has 0 radical (unpaired) electrons. The van der Waals surface area contributed by atoms with E-state index in [4.69, 9.17) is 9.47 Å². The summed E-state index contributed by atoms with van der Waals surface area (Å²) in [5.41, 5.74) is 0.548. The van der Waals surface area contributed by atoms with E-state index in [1.165, 1.54) is 6.42 Å². The second kappa shape index (κ2) is 11.1. The molecule has 1 saturated carbocycles. The Morgan fingerprint density at radius 3 is 2.50 bits per heavy atom. The molecule has 6 rings (SSSR count). The summed E-state index contributed by atoms with van der Waals surface area (Å²) < 4.78 is 12.0. The summed E-state index contributed by atoms with van der Waals surface area (Å²) in [7, 11) is 0. The maximum atomic E-state index is 14.1. The van der Waals surface area contributed by atoms with Crippen LogP contribution in [0, 0.1) is 11.8 Å². The molecule has 3 heterocycles. The minimum Gasteiger partial charge on any atom is -0.494 e. The van der Waals surface area contributed by atoms with Crippen LogP contribution in [-0.4, -0.2) is 59.6 Å². The van der Waals surface area contributed by atoms with Gasteiger partial charge in [0.05, 0.1) is 24.5 Å². The third kappa shape index (κ3) is 4.79. The number of benzene rings is 2. The lowest BCUT2D eigenvalue weighted by atomic mass is 9.74. The van der Waals surface area contributed by atoms with E-state index in [2.05, 4.69) is 10.6 Å². The van der Waals surface area contributed by atoms with E-state index in [0.717, 1.165) is 37.0 Å². The van der Waals surface area contributed by atoms with Gasteiger partial charge in [-0.2, -0.15) is 0 Å². The number of amides is 3. The molecule has 2 bridgehead atoms. The monoisotopic (exact) mass is 543 g/mol. The van der Waals surface area contributed by atoms with Crippen LogP contribution in [0.25, 0.3) is 0 Å². The Bertz CT molecular complexity index is 1270. The fourth-order valence-corrected chi connectivity index (χ4v) is 6.96. The van der Waals surface area contributed by atoms with Crippen molar-refractivity contribution in [3.8, 4) is 5.75 Å². The number of fused-ring (bicyclic) bond motifs is 1. The van der Waals surface area contributed by atoms with Gasteiger partial charge in [-0.15, -0.1) is 0 Å². The van der Waals surface area contributed by atoms with Gasteiger partial charge < -0.3 is 25.0 Å². The molecule has 8 heteroatoms. The Kier molecular flexibility index (Phi) is 7.36. The molecule has 2 saturated heterocycles. The van der Waals surface area contributed by atoms with Gasteiger partial charge in [-0.3, -0.25) is 14.4 Å². The third-order valence-corrected chi connectivity index (χ3v) is 8.79. The van der Waals surface area contributed by atoms with Crippen molar-refractivity contribution in [3.05, 3.63) is 72.3 Å². The third-order valence-electron chi connectivity index (χ3n) is 8.79. The molecular formula is C32H37N3O5. The molecule has 2 aromatic rings. The first-order valence-corrected chi connectivity index (χ1v) is 14.6. The van der Waals surface area contributed by atoms with E-state index in [9.17, 15) is 14.4 Å². The van der Waals surface area contributed by atoms with Gasteiger partial charge in [-0.05, 0) is 56.0 Å². The molecule has 1 spiro atoms. The number of nitrogens with one attached hydrogen (secondary N) is 2. The lowest BCUT2D eigenvalue weighted by molar-refractivity contribution is -0.141. The minimum atomic E-state index is -1.15. The lowest BCUT2D eigenvalue weighted by Crippen LogP contribution is -2.56. The SMILES string of the molecule is CCOc1ccc(NC(=O)C2[C@H]3C=CC4(O3)C(C(=O)NC3CCCCC3)N(CCc3ccccc3)C(=O)[C@@H]24)cc1. The van der Waals surface area contributed by atoms with Crippen molar-refractivity contribution in [2.45, 2.75) is 69.2 Å². The van der Waals surface area contributed by atoms with Crippen LogP contribution < -0.4 is 15.4 Å². The molecule has 1 aliphatic carbocycles. The summed E-state index contributed by atoms with van der Waals surface area (Å²) in [5.74, 6) is -1.43. The molecule has 3 unspecified atom stereocenters. The average molecular weight is 544 g/mol. The first-order chi connectivity index (χ1) is 19.5. The highest BCUT2D eigenvalue weighted by Crippen LogP contribution is 2.55. The van der Waals surface area contributed by atoms with Gasteiger partial charge >= 0.3 is 0 Å². The number of likely N-dealkylation sites (tertiary alicyclic amines) is 1. The van der Waals surface area contributed by atoms with E-state index in [-0.39, 0.29) is 23.8 Å². The number of carbonyl (C=O) groups excluding carboxylic acids is 3. The summed E-state index contributed by atoms with van der Waals surface area (Å²) in [5, 5.41) is 6.21. The summed E-state index contributed by atoms with van der Waals surface area (Å²) in [6.07, 6.45) is 9.03. The molecular weight excluding hydrogens is 506 g/mol. The molecule has 0 aromatic heterocycles. The highest BCUT2D eigenvalue weighted by molar-refractivity contribution is 6.02. The summed E-state index contributed by atoms with van der Waals surface area (Å²) in [6, 6.07) is 16.4. The van der Waals surface area contributed by atoms with E-state index in [1.54, 1.807) is 29.2 Å². The molecule has 3 fully saturated rings. The van der Waals surface area contributed by atoms with Gasteiger partial charge in [-0.25, -0.2) is 0 Å². The van der Waals surface area contributed by atoms with E-state index in [0.29, 0.717) is 25.3 Å². The Balaban J connectivity index is 1.26. The van der Waals surface area contributed by atoms with Crippen molar-refractivity contribution in [3.63, 3.8) is 0 Å². The normalized spacial score (nSPS) is 28.9. The lowest BCUT2D eigenvalue weighted by Gasteiger charge is -2.34. The first-order valence-electron chi connectivity index (χ1n) is 14.6. The summed E-state index contributed by atoms with van der Waals surface area (Å²) in [4.78, 5) is 43.4. The predicted molar refractivity (Wildman–Crippen MR) is 151 cm³/mol. The van der Waals surface area contributed by atoms with Crippen LogP contribution in [0.2, 0.25) is 0 Å². The van der Waals surface area contributed by atoms with Gasteiger partial charge in [0, 0.05) is 18.3 Å². The van der Waals surface area contributed by atoms with Crippen LogP contribution in [0.1, 0.15) is 44.6 Å². The highest BCUT2D eigenvalue weighted by Gasteiger charge is 2.72. The molecule has 2 aromatic carbocycles.